The van der Waals surface area contributed by atoms with E-state index in [4.69, 9.17) is 33.3 Å². The highest BCUT2D eigenvalue weighted by Crippen LogP contribution is 2.41. The monoisotopic (exact) mass is 405 g/mol. The van der Waals surface area contributed by atoms with Crippen LogP contribution in [0, 0.1) is 0 Å². The van der Waals surface area contributed by atoms with Gasteiger partial charge in [0.1, 0.15) is 5.60 Å². The zero-order valence-corrected chi connectivity index (χ0v) is 16.5. The Kier molecular flexibility index (Phi) is 5.72. The van der Waals surface area contributed by atoms with Gasteiger partial charge in [0.25, 0.3) is 5.91 Å². The highest BCUT2D eigenvalue weighted by Gasteiger charge is 2.32. The van der Waals surface area contributed by atoms with Crippen LogP contribution in [0.4, 0.5) is 5.69 Å². The molecule has 2 aromatic carbocycles. The van der Waals surface area contributed by atoms with E-state index in [1.165, 1.54) is 0 Å². The standard InChI is InChI=1S/C19H20ClN3O3S/c1-19(2)10-12-4-3-5-15(17(12)26-19)25-11-16(24)22-23-18(27)21-14-8-6-13(20)7-9-14/h3-9H,10-11H2,1-2H3,(H,22,24)(H2,21,23,27). The lowest BCUT2D eigenvalue weighted by Crippen LogP contribution is -2.45. The molecule has 0 aromatic heterocycles. The number of carbonyl (C=O) groups excluding carboxylic acids is 1. The Balaban J connectivity index is 1.46. The average molecular weight is 406 g/mol. The van der Waals surface area contributed by atoms with Crippen LogP contribution in [0.1, 0.15) is 19.4 Å². The van der Waals surface area contributed by atoms with Crippen molar-refractivity contribution in [3.8, 4) is 11.5 Å². The van der Waals surface area contributed by atoms with Gasteiger partial charge in [-0.2, -0.15) is 0 Å². The van der Waals surface area contributed by atoms with E-state index in [1.54, 1.807) is 30.3 Å². The molecule has 3 N–H and O–H groups in total. The van der Waals surface area contributed by atoms with E-state index in [9.17, 15) is 4.79 Å². The minimum Gasteiger partial charge on any atom is -0.483 e. The lowest BCUT2D eigenvalue weighted by Gasteiger charge is -2.18. The molecule has 142 valence electrons. The Morgan fingerprint density at radius 1 is 1.22 bits per heavy atom. The number of benzene rings is 2. The molecule has 1 aliphatic rings. The molecule has 8 heteroatoms. The Hall–Kier alpha value is -2.51. The molecular weight excluding hydrogens is 386 g/mol. The summed E-state index contributed by atoms with van der Waals surface area (Å²) in [5.41, 5.74) is 6.66. The van der Waals surface area contributed by atoms with Crippen molar-refractivity contribution in [2.45, 2.75) is 25.9 Å². The number of hydrogen-bond donors (Lipinski definition) is 3. The van der Waals surface area contributed by atoms with Crippen molar-refractivity contribution in [3.05, 3.63) is 53.1 Å². The molecule has 0 fully saturated rings. The molecule has 1 heterocycles. The lowest BCUT2D eigenvalue weighted by molar-refractivity contribution is -0.123. The van der Waals surface area contributed by atoms with Crippen LogP contribution in [-0.2, 0) is 11.2 Å². The van der Waals surface area contributed by atoms with Gasteiger partial charge in [0.2, 0.25) is 0 Å². The van der Waals surface area contributed by atoms with Crippen molar-refractivity contribution in [2.24, 2.45) is 0 Å². The van der Waals surface area contributed by atoms with Gasteiger partial charge in [-0.25, -0.2) is 0 Å². The number of carbonyl (C=O) groups is 1. The molecule has 0 saturated carbocycles. The SMILES string of the molecule is CC1(C)Cc2cccc(OCC(=O)NNC(=S)Nc3ccc(Cl)cc3)c2O1. The Morgan fingerprint density at radius 3 is 2.70 bits per heavy atom. The van der Waals surface area contributed by atoms with E-state index in [-0.39, 0.29) is 23.2 Å². The van der Waals surface area contributed by atoms with Crippen molar-refractivity contribution in [3.63, 3.8) is 0 Å². The number of nitrogens with one attached hydrogen (secondary N) is 3. The topological polar surface area (TPSA) is 71.6 Å². The highest BCUT2D eigenvalue weighted by molar-refractivity contribution is 7.80. The summed E-state index contributed by atoms with van der Waals surface area (Å²) in [7, 11) is 0. The van der Waals surface area contributed by atoms with E-state index in [1.807, 2.05) is 26.0 Å². The van der Waals surface area contributed by atoms with Gasteiger partial charge in [-0.1, -0.05) is 23.7 Å². The van der Waals surface area contributed by atoms with E-state index in [0.29, 0.717) is 16.5 Å². The maximum absolute atomic E-state index is 12.0. The number of thiocarbonyl (C=S) groups is 1. The van der Waals surface area contributed by atoms with E-state index < -0.39 is 0 Å². The van der Waals surface area contributed by atoms with E-state index in [2.05, 4.69) is 16.2 Å². The van der Waals surface area contributed by atoms with Crippen molar-refractivity contribution in [1.82, 2.24) is 10.9 Å². The molecule has 0 unspecified atom stereocenters. The second-order valence-electron chi connectivity index (χ2n) is 6.71. The maximum atomic E-state index is 12.0. The number of rotatable bonds is 4. The van der Waals surface area contributed by atoms with E-state index in [0.717, 1.165) is 17.7 Å². The predicted molar refractivity (Wildman–Crippen MR) is 109 cm³/mol. The fourth-order valence-electron chi connectivity index (χ4n) is 2.70. The van der Waals surface area contributed by atoms with Crippen molar-refractivity contribution >= 4 is 40.5 Å². The molecule has 27 heavy (non-hydrogen) atoms. The van der Waals surface area contributed by atoms with Crippen LogP contribution >= 0.6 is 23.8 Å². The molecule has 0 atom stereocenters. The van der Waals surface area contributed by atoms with Gasteiger partial charge < -0.3 is 14.8 Å². The van der Waals surface area contributed by atoms with Crippen molar-refractivity contribution in [1.29, 1.82) is 0 Å². The zero-order valence-electron chi connectivity index (χ0n) is 15.0. The van der Waals surface area contributed by atoms with Gasteiger partial charge in [-0.15, -0.1) is 0 Å². The summed E-state index contributed by atoms with van der Waals surface area (Å²) in [5.74, 6) is 0.878. The molecule has 0 saturated heterocycles. The first-order chi connectivity index (χ1) is 12.8. The maximum Gasteiger partial charge on any atom is 0.276 e. The van der Waals surface area contributed by atoms with Crippen molar-refractivity contribution < 1.29 is 14.3 Å². The minimum absolute atomic E-state index is 0.170. The Bertz CT molecular complexity index is 856. The summed E-state index contributed by atoms with van der Waals surface area (Å²) in [6.45, 7) is 3.86. The van der Waals surface area contributed by atoms with E-state index >= 15 is 0 Å². The van der Waals surface area contributed by atoms with Gasteiger partial charge >= 0.3 is 0 Å². The number of amides is 1. The normalized spacial score (nSPS) is 13.9. The van der Waals surface area contributed by atoms with Crippen molar-refractivity contribution in [2.75, 3.05) is 11.9 Å². The molecule has 0 bridgehead atoms. The first-order valence-electron chi connectivity index (χ1n) is 8.37. The highest BCUT2D eigenvalue weighted by atomic mass is 35.5. The molecule has 6 nitrogen and oxygen atoms in total. The van der Waals surface area contributed by atoms with Gasteiger partial charge in [0.05, 0.1) is 0 Å². The van der Waals surface area contributed by atoms with Crippen LogP contribution in [0.3, 0.4) is 0 Å². The number of para-hydroxylation sites is 1. The number of hydrogen-bond acceptors (Lipinski definition) is 4. The molecule has 2 aromatic rings. The number of anilines is 1. The summed E-state index contributed by atoms with van der Waals surface area (Å²) >= 11 is 11.0. The fraction of sp³-hybridized carbons (Fsp3) is 0.263. The van der Waals surface area contributed by atoms with Gasteiger partial charge in [0.15, 0.2) is 23.2 Å². The smallest absolute Gasteiger partial charge is 0.276 e. The first kappa shape index (κ1) is 19.3. The summed E-state index contributed by atoms with van der Waals surface area (Å²) in [4.78, 5) is 12.0. The molecule has 0 radical (unpaired) electrons. The Labute approximate surface area is 168 Å². The fourth-order valence-corrected chi connectivity index (χ4v) is 3.00. The summed E-state index contributed by atoms with van der Waals surface area (Å²) in [5, 5.41) is 3.80. The number of fused-ring (bicyclic) bond motifs is 1. The number of hydrazine groups is 1. The summed E-state index contributed by atoms with van der Waals surface area (Å²) in [6.07, 6.45) is 0.803. The van der Waals surface area contributed by atoms with Crippen LogP contribution in [0.2, 0.25) is 5.02 Å². The van der Waals surface area contributed by atoms with Gasteiger partial charge in [0, 0.05) is 22.7 Å². The molecule has 0 spiro atoms. The molecule has 3 rings (SSSR count). The lowest BCUT2D eigenvalue weighted by atomic mass is 10.0. The molecule has 1 aliphatic heterocycles. The molecule has 1 amide bonds. The third-order valence-electron chi connectivity index (χ3n) is 3.83. The van der Waals surface area contributed by atoms with Crippen LogP contribution in [0.15, 0.2) is 42.5 Å². The van der Waals surface area contributed by atoms with Gasteiger partial charge in [-0.05, 0) is 56.4 Å². The second-order valence-corrected chi connectivity index (χ2v) is 7.55. The average Bonchev–Trinajstić information content (AvgIpc) is 2.94. The van der Waals surface area contributed by atoms with Gasteiger partial charge in [-0.3, -0.25) is 15.6 Å². The number of halogens is 1. The quantitative estimate of drug-likeness (QED) is 0.534. The van der Waals surface area contributed by atoms with Crippen LogP contribution in [0.5, 0.6) is 11.5 Å². The summed E-state index contributed by atoms with van der Waals surface area (Å²) < 4.78 is 11.5. The Morgan fingerprint density at radius 2 is 1.96 bits per heavy atom. The van der Waals surface area contributed by atoms with Crippen LogP contribution in [-0.4, -0.2) is 23.2 Å². The zero-order chi connectivity index (χ0) is 19.4. The minimum atomic E-state index is -0.370. The van der Waals surface area contributed by atoms with Crippen LogP contribution < -0.4 is 25.6 Å². The number of ether oxygens (including phenoxy) is 2. The molecular formula is C19H20ClN3O3S. The largest absolute Gasteiger partial charge is 0.483 e. The third-order valence-corrected chi connectivity index (χ3v) is 4.29. The van der Waals surface area contributed by atoms with Crippen LogP contribution in [0.25, 0.3) is 0 Å². The first-order valence-corrected chi connectivity index (χ1v) is 9.16. The third kappa shape index (κ3) is 5.24. The predicted octanol–water partition coefficient (Wildman–Crippen LogP) is 3.45. The molecule has 0 aliphatic carbocycles. The summed E-state index contributed by atoms with van der Waals surface area (Å²) in [6, 6.07) is 12.7. The second kappa shape index (κ2) is 8.02.